The van der Waals surface area contributed by atoms with Gasteiger partial charge in [-0.1, -0.05) is 30.3 Å². The summed E-state index contributed by atoms with van der Waals surface area (Å²) in [5.74, 6) is 0.851. The van der Waals surface area contributed by atoms with E-state index in [-0.39, 0.29) is 11.8 Å². The third-order valence-electron chi connectivity index (χ3n) is 3.63. The van der Waals surface area contributed by atoms with E-state index >= 15 is 0 Å². The number of aliphatic hydroxyl groups excluding tert-OH is 1. The van der Waals surface area contributed by atoms with Crippen LogP contribution < -0.4 is 4.90 Å². The molecule has 1 aromatic carbocycles. The number of benzene rings is 1. The Morgan fingerprint density at radius 2 is 2.14 bits per heavy atom. The van der Waals surface area contributed by atoms with Crippen molar-refractivity contribution < 1.29 is 9.52 Å². The molecule has 0 amide bonds. The molecule has 0 bridgehead atoms. The van der Waals surface area contributed by atoms with E-state index in [2.05, 4.69) is 11.1 Å². The van der Waals surface area contributed by atoms with Gasteiger partial charge in [-0.25, -0.2) is 0 Å². The Balaban J connectivity index is 1.82. The van der Waals surface area contributed by atoms with Crippen LogP contribution in [0.4, 0.5) is 5.88 Å². The largest absolute Gasteiger partial charge is 0.420 e. The maximum atomic E-state index is 9.76. The number of β-amino-alcohol motifs (C(OH)–C–C–N with tert-alkyl or cyclic N) is 1. The lowest BCUT2D eigenvalue weighted by Gasteiger charge is -2.29. The van der Waals surface area contributed by atoms with Gasteiger partial charge >= 0.3 is 0 Å². The second-order valence-corrected chi connectivity index (χ2v) is 5.30. The first-order chi connectivity index (χ1) is 10.8. The van der Waals surface area contributed by atoms with E-state index in [4.69, 9.17) is 4.42 Å². The molecule has 1 fully saturated rings. The number of rotatable bonds is 3. The lowest BCUT2D eigenvalue weighted by molar-refractivity contribution is 0.152. The van der Waals surface area contributed by atoms with Crippen LogP contribution in [0, 0.1) is 11.3 Å². The average Bonchev–Trinajstić information content (AvgIpc) is 2.97. The molecule has 1 atom stereocenters. The summed E-state index contributed by atoms with van der Waals surface area (Å²) in [4.78, 5) is 6.09. The summed E-state index contributed by atoms with van der Waals surface area (Å²) < 4.78 is 5.71. The molecule has 1 aromatic heterocycles. The van der Waals surface area contributed by atoms with Crippen LogP contribution in [0.1, 0.15) is 30.0 Å². The molecule has 0 aliphatic carbocycles. The van der Waals surface area contributed by atoms with Crippen molar-refractivity contribution in [1.82, 2.24) is 4.98 Å². The minimum Gasteiger partial charge on any atom is -0.420 e. The van der Waals surface area contributed by atoms with Gasteiger partial charge in [-0.2, -0.15) is 10.2 Å². The summed E-state index contributed by atoms with van der Waals surface area (Å²) in [6.07, 6.45) is 4.92. The number of piperidine rings is 1. The summed E-state index contributed by atoms with van der Waals surface area (Å²) in [7, 11) is 0. The zero-order chi connectivity index (χ0) is 15.4. The van der Waals surface area contributed by atoms with Crippen molar-refractivity contribution in [1.29, 1.82) is 5.26 Å². The van der Waals surface area contributed by atoms with Gasteiger partial charge in [0.15, 0.2) is 0 Å². The first-order valence-corrected chi connectivity index (χ1v) is 7.33. The molecule has 0 spiro atoms. The minimum atomic E-state index is -0.381. The van der Waals surface area contributed by atoms with E-state index in [0.29, 0.717) is 18.3 Å². The molecule has 0 radical (unpaired) electrons. The van der Waals surface area contributed by atoms with Crippen LogP contribution in [0.15, 0.2) is 34.7 Å². The van der Waals surface area contributed by atoms with E-state index in [1.165, 1.54) is 0 Å². The van der Waals surface area contributed by atoms with E-state index in [1.807, 2.05) is 41.3 Å². The van der Waals surface area contributed by atoms with Crippen LogP contribution in [-0.4, -0.2) is 29.3 Å². The Kier molecular flexibility index (Phi) is 4.22. The molecule has 22 heavy (non-hydrogen) atoms. The number of hydrogen-bond donors (Lipinski definition) is 1. The van der Waals surface area contributed by atoms with Crippen LogP contribution in [0.2, 0.25) is 0 Å². The van der Waals surface area contributed by atoms with Crippen molar-refractivity contribution in [2.24, 2.45) is 0 Å². The molecule has 5 nitrogen and oxygen atoms in total. The summed E-state index contributed by atoms with van der Waals surface area (Å²) >= 11 is 0. The molecule has 1 N–H and O–H groups in total. The van der Waals surface area contributed by atoms with E-state index in [9.17, 15) is 10.4 Å². The van der Waals surface area contributed by atoms with Gasteiger partial charge in [-0.15, -0.1) is 0 Å². The number of aliphatic hydroxyl groups is 1. The highest BCUT2D eigenvalue weighted by Gasteiger charge is 2.24. The molecule has 0 saturated carbocycles. The van der Waals surface area contributed by atoms with E-state index in [0.717, 1.165) is 24.9 Å². The van der Waals surface area contributed by atoms with Gasteiger partial charge in [0.1, 0.15) is 6.07 Å². The molecule has 1 aliphatic rings. The van der Waals surface area contributed by atoms with Crippen molar-refractivity contribution in [3.05, 3.63) is 47.5 Å². The van der Waals surface area contributed by atoms with Crippen molar-refractivity contribution in [2.45, 2.75) is 18.9 Å². The Hall–Kier alpha value is -2.58. The van der Waals surface area contributed by atoms with Crippen LogP contribution in [0.3, 0.4) is 0 Å². The lowest BCUT2D eigenvalue weighted by Crippen LogP contribution is -2.38. The standard InChI is InChI=1S/C17H17N3O2/c18-11-15-17(20-10-4-7-14(21)12-20)22-16(19-15)9-8-13-5-2-1-3-6-13/h1-3,5-6,8-9,14,21H,4,7,10,12H2/b9-8+/t14-/m0/s1. The number of hydrogen-bond acceptors (Lipinski definition) is 5. The van der Waals surface area contributed by atoms with Crippen molar-refractivity contribution >= 4 is 18.0 Å². The van der Waals surface area contributed by atoms with Gasteiger partial charge in [0, 0.05) is 19.2 Å². The fraction of sp³-hybridized carbons (Fsp3) is 0.294. The van der Waals surface area contributed by atoms with Crippen molar-refractivity contribution in [3.8, 4) is 6.07 Å². The molecule has 0 unspecified atom stereocenters. The number of oxazole rings is 1. The first kappa shape index (κ1) is 14.4. The molecule has 2 aromatic rings. The summed E-state index contributed by atoms with van der Waals surface area (Å²) in [5.41, 5.74) is 1.30. The maximum Gasteiger partial charge on any atom is 0.235 e. The smallest absolute Gasteiger partial charge is 0.235 e. The van der Waals surface area contributed by atoms with Gasteiger partial charge in [-0.05, 0) is 24.5 Å². The fourth-order valence-electron chi connectivity index (χ4n) is 2.56. The van der Waals surface area contributed by atoms with E-state index in [1.54, 1.807) is 6.08 Å². The second-order valence-electron chi connectivity index (χ2n) is 5.30. The highest BCUT2D eigenvalue weighted by atomic mass is 16.4. The van der Waals surface area contributed by atoms with E-state index < -0.39 is 0 Å². The molecule has 112 valence electrons. The zero-order valence-electron chi connectivity index (χ0n) is 12.1. The zero-order valence-corrected chi connectivity index (χ0v) is 12.1. The predicted octanol–water partition coefficient (Wildman–Crippen LogP) is 2.68. The lowest BCUT2D eigenvalue weighted by atomic mass is 10.1. The SMILES string of the molecule is N#Cc1nc(/C=C/c2ccccc2)oc1N1CCC[C@H](O)C1. The maximum absolute atomic E-state index is 9.76. The van der Waals surface area contributed by atoms with Crippen LogP contribution in [0.25, 0.3) is 12.2 Å². The third-order valence-corrected chi connectivity index (χ3v) is 3.63. The van der Waals surface area contributed by atoms with Gasteiger partial charge < -0.3 is 14.4 Å². The van der Waals surface area contributed by atoms with Gasteiger partial charge in [0.2, 0.25) is 17.5 Å². The van der Waals surface area contributed by atoms with Gasteiger partial charge in [0.25, 0.3) is 0 Å². The Morgan fingerprint density at radius 3 is 2.86 bits per heavy atom. The number of aromatic nitrogens is 1. The normalized spacial score (nSPS) is 18.5. The highest BCUT2D eigenvalue weighted by Crippen LogP contribution is 2.26. The second kappa shape index (κ2) is 6.46. The third kappa shape index (κ3) is 3.18. The number of nitriles is 1. The van der Waals surface area contributed by atoms with Crippen LogP contribution in [-0.2, 0) is 0 Å². The molecule has 3 rings (SSSR count). The Morgan fingerprint density at radius 1 is 1.32 bits per heavy atom. The first-order valence-electron chi connectivity index (χ1n) is 7.33. The predicted molar refractivity (Wildman–Crippen MR) is 84.0 cm³/mol. The molecule has 1 saturated heterocycles. The van der Waals surface area contributed by atoms with Crippen LogP contribution in [0.5, 0.6) is 0 Å². The highest BCUT2D eigenvalue weighted by molar-refractivity contribution is 5.67. The molecule has 2 heterocycles. The molecule has 5 heteroatoms. The Labute approximate surface area is 129 Å². The summed E-state index contributed by atoms with van der Waals surface area (Å²) in [6.45, 7) is 1.24. The Bertz CT molecular complexity index is 700. The average molecular weight is 295 g/mol. The summed E-state index contributed by atoms with van der Waals surface area (Å²) in [5, 5.41) is 19.0. The molecular weight excluding hydrogens is 278 g/mol. The molecular formula is C17H17N3O2. The monoisotopic (exact) mass is 295 g/mol. The quantitative estimate of drug-likeness (QED) is 0.942. The van der Waals surface area contributed by atoms with Crippen LogP contribution >= 0.6 is 0 Å². The van der Waals surface area contributed by atoms with Crippen molar-refractivity contribution in [2.75, 3.05) is 18.0 Å². The number of nitrogens with zero attached hydrogens (tertiary/aromatic N) is 3. The minimum absolute atomic E-state index is 0.266. The fourth-order valence-corrected chi connectivity index (χ4v) is 2.56. The molecule has 1 aliphatic heterocycles. The van der Waals surface area contributed by atoms with Gasteiger partial charge in [0.05, 0.1) is 6.10 Å². The topological polar surface area (TPSA) is 73.3 Å². The summed E-state index contributed by atoms with van der Waals surface area (Å²) in [6, 6.07) is 11.9. The number of anilines is 1. The van der Waals surface area contributed by atoms with Crippen molar-refractivity contribution in [3.63, 3.8) is 0 Å². The van der Waals surface area contributed by atoms with Gasteiger partial charge in [-0.3, -0.25) is 0 Å².